The second-order valence-corrected chi connectivity index (χ2v) is 4.55. The molecule has 0 bridgehead atoms. The number of nitrogen functional groups attached to an aromatic ring is 1. The quantitative estimate of drug-likeness (QED) is 0.833. The number of nitrogens with two attached hydrogens (primary N) is 1. The van der Waals surface area contributed by atoms with Crippen molar-refractivity contribution in [3.8, 4) is 0 Å². The highest BCUT2D eigenvalue weighted by Gasteiger charge is 2.18. The van der Waals surface area contributed by atoms with E-state index < -0.39 is 0 Å². The molecule has 120 valence electrons. The number of hydrogen-bond acceptors (Lipinski definition) is 7. The van der Waals surface area contributed by atoms with Crippen molar-refractivity contribution in [1.82, 2.24) is 25.5 Å². The molecule has 7 nitrogen and oxygen atoms in total. The molecule has 0 saturated carbocycles. The summed E-state index contributed by atoms with van der Waals surface area (Å²) < 4.78 is 4.68. The second-order valence-electron chi connectivity index (χ2n) is 4.55. The minimum absolute atomic E-state index is 0. The summed E-state index contributed by atoms with van der Waals surface area (Å²) in [6.07, 6.45) is 0. The minimum atomic E-state index is 0. The molecular formula is C11H19Cl3N6O. The van der Waals surface area contributed by atoms with E-state index in [1.165, 1.54) is 0 Å². The normalized spacial score (nSPS) is 14.9. The third-order valence-corrected chi connectivity index (χ3v) is 3.35. The molecule has 21 heavy (non-hydrogen) atoms. The topological polar surface area (TPSA) is 93.1 Å². The number of fused-ring (bicyclic) bond motifs is 1. The molecule has 0 unspecified atom stereocenters. The van der Waals surface area contributed by atoms with Gasteiger partial charge in [-0.1, -0.05) is 0 Å². The van der Waals surface area contributed by atoms with Crippen LogP contribution in [0.25, 0.3) is 11.2 Å². The lowest BCUT2D eigenvalue weighted by Crippen LogP contribution is -2.43. The van der Waals surface area contributed by atoms with Gasteiger partial charge >= 0.3 is 0 Å². The Kier molecular flexibility index (Phi) is 8.20. The molecule has 3 N–H and O–H groups in total. The third kappa shape index (κ3) is 4.08. The van der Waals surface area contributed by atoms with Crippen LogP contribution in [0.3, 0.4) is 0 Å². The van der Waals surface area contributed by atoms with E-state index in [1.54, 1.807) is 0 Å². The third-order valence-electron chi connectivity index (χ3n) is 3.35. The highest BCUT2D eigenvalue weighted by atomic mass is 35.5. The summed E-state index contributed by atoms with van der Waals surface area (Å²) in [7, 11) is 0. The van der Waals surface area contributed by atoms with E-state index >= 15 is 0 Å². The Balaban J connectivity index is 0.00000133. The monoisotopic (exact) mass is 356 g/mol. The van der Waals surface area contributed by atoms with Crippen LogP contribution in [0.5, 0.6) is 0 Å². The summed E-state index contributed by atoms with van der Waals surface area (Å²) in [5, 5.41) is 10.9. The van der Waals surface area contributed by atoms with Crippen molar-refractivity contribution in [2.75, 3.05) is 31.9 Å². The molecular weight excluding hydrogens is 339 g/mol. The Labute approximate surface area is 141 Å². The first-order chi connectivity index (χ1) is 8.75. The number of pyridine rings is 1. The van der Waals surface area contributed by atoms with Gasteiger partial charge in [-0.3, -0.25) is 4.90 Å². The van der Waals surface area contributed by atoms with Gasteiger partial charge in [-0.05, 0) is 17.2 Å². The molecule has 1 fully saturated rings. The molecule has 0 aromatic carbocycles. The maximum Gasteiger partial charge on any atom is 0.226 e. The van der Waals surface area contributed by atoms with E-state index in [4.69, 9.17) is 5.73 Å². The van der Waals surface area contributed by atoms with Crippen LogP contribution in [0, 0.1) is 6.92 Å². The molecule has 3 heterocycles. The number of piperazine rings is 1. The van der Waals surface area contributed by atoms with Crippen LogP contribution < -0.4 is 11.1 Å². The highest BCUT2D eigenvalue weighted by molar-refractivity contribution is 5.86. The van der Waals surface area contributed by atoms with Gasteiger partial charge in [-0.15, -0.1) is 37.2 Å². The summed E-state index contributed by atoms with van der Waals surface area (Å²) in [6.45, 7) is 6.82. The van der Waals surface area contributed by atoms with Crippen molar-refractivity contribution in [3.05, 3.63) is 11.3 Å². The fourth-order valence-electron chi connectivity index (χ4n) is 2.28. The first-order valence-electron chi connectivity index (χ1n) is 6.06. The summed E-state index contributed by atoms with van der Waals surface area (Å²) in [5.41, 5.74) is 9.74. The number of rotatable bonds is 2. The average Bonchev–Trinajstić information content (AvgIpc) is 2.84. The van der Waals surface area contributed by atoms with E-state index in [-0.39, 0.29) is 37.2 Å². The number of aromatic nitrogens is 3. The van der Waals surface area contributed by atoms with Gasteiger partial charge in [0.2, 0.25) is 5.65 Å². The second kappa shape index (κ2) is 8.55. The van der Waals surface area contributed by atoms with Gasteiger partial charge in [0.05, 0.1) is 5.69 Å². The zero-order chi connectivity index (χ0) is 12.5. The minimum Gasteiger partial charge on any atom is -0.396 e. The van der Waals surface area contributed by atoms with Crippen LogP contribution in [0.15, 0.2) is 4.63 Å². The Morgan fingerprint density at radius 3 is 2.52 bits per heavy atom. The van der Waals surface area contributed by atoms with Crippen LogP contribution in [-0.4, -0.2) is 46.4 Å². The largest absolute Gasteiger partial charge is 0.396 e. The van der Waals surface area contributed by atoms with Crippen molar-refractivity contribution >= 4 is 54.1 Å². The predicted octanol–water partition coefficient (Wildman–Crippen LogP) is 1.18. The first-order valence-corrected chi connectivity index (χ1v) is 6.06. The van der Waals surface area contributed by atoms with Gasteiger partial charge in [0.15, 0.2) is 5.52 Å². The summed E-state index contributed by atoms with van der Waals surface area (Å²) in [4.78, 5) is 6.73. The Morgan fingerprint density at radius 1 is 1.19 bits per heavy atom. The van der Waals surface area contributed by atoms with E-state index in [9.17, 15) is 0 Å². The highest BCUT2D eigenvalue weighted by Crippen LogP contribution is 2.24. The fraction of sp³-hybridized carbons (Fsp3) is 0.545. The maximum atomic E-state index is 6.14. The van der Waals surface area contributed by atoms with E-state index in [2.05, 4.69) is 30.1 Å². The lowest BCUT2D eigenvalue weighted by atomic mass is 10.1. The number of nitrogens with zero attached hydrogens (tertiary/aromatic N) is 4. The van der Waals surface area contributed by atoms with Crippen LogP contribution in [0.2, 0.25) is 0 Å². The fourth-order valence-corrected chi connectivity index (χ4v) is 2.28. The van der Waals surface area contributed by atoms with E-state index in [0.717, 1.165) is 44.0 Å². The van der Waals surface area contributed by atoms with E-state index in [0.29, 0.717) is 16.9 Å². The molecule has 0 radical (unpaired) electrons. The maximum absolute atomic E-state index is 6.14. The van der Waals surface area contributed by atoms with Crippen LogP contribution in [0.4, 0.5) is 5.69 Å². The summed E-state index contributed by atoms with van der Waals surface area (Å²) in [5.74, 6) is 0. The smallest absolute Gasteiger partial charge is 0.226 e. The SMILES string of the molecule is Cc1nc2nonc2c(N)c1CN1CCNCC1.Cl.Cl.Cl. The van der Waals surface area contributed by atoms with Crippen LogP contribution in [-0.2, 0) is 6.54 Å². The van der Waals surface area contributed by atoms with Crippen molar-refractivity contribution in [2.45, 2.75) is 13.5 Å². The number of nitrogens with one attached hydrogen (secondary N) is 1. The molecule has 1 aliphatic rings. The Morgan fingerprint density at radius 2 is 1.86 bits per heavy atom. The van der Waals surface area contributed by atoms with Gasteiger partial charge < -0.3 is 11.1 Å². The Bertz CT molecular complexity index is 572. The zero-order valence-corrected chi connectivity index (χ0v) is 14.0. The standard InChI is InChI=1S/C11H16N6O.3ClH/c1-7-8(6-17-4-2-13-3-5-17)9(12)10-11(14-7)16-18-15-10;;;/h13H,2-6,12H2,1H3;3*1H. The molecule has 2 aromatic heterocycles. The van der Waals surface area contributed by atoms with Crippen molar-refractivity contribution in [1.29, 1.82) is 0 Å². The van der Waals surface area contributed by atoms with Gasteiger partial charge in [-0.25, -0.2) is 9.61 Å². The van der Waals surface area contributed by atoms with Gasteiger partial charge in [0.1, 0.15) is 0 Å². The van der Waals surface area contributed by atoms with Crippen molar-refractivity contribution in [2.24, 2.45) is 0 Å². The van der Waals surface area contributed by atoms with E-state index in [1.807, 2.05) is 6.92 Å². The average molecular weight is 358 g/mol. The number of anilines is 1. The van der Waals surface area contributed by atoms with Gasteiger partial charge in [0, 0.05) is 44.0 Å². The van der Waals surface area contributed by atoms with Crippen molar-refractivity contribution < 1.29 is 4.63 Å². The molecule has 0 atom stereocenters. The number of aryl methyl sites for hydroxylation is 1. The molecule has 0 spiro atoms. The summed E-state index contributed by atoms with van der Waals surface area (Å²) in [6, 6.07) is 0. The molecule has 10 heteroatoms. The lowest BCUT2D eigenvalue weighted by Gasteiger charge is -2.27. The summed E-state index contributed by atoms with van der Waals surface area (Å²) >= 11 is 0. The molecule has 0 aliphatic carbocycles. The van der Waals surface area contributed by atoms with Crippen LogP contribution in [0.1, 0.15) is 11.3 Å². The predicted molar refractivity (Wildman–Crippen MR) is 88.6 cm³/mol. The zero-order valence-electron chi connectivity index (χ0n) is 11.5. The number of halogens is 3. The van der Waals surface area contributed by atoms with Gasteiger partial charge in [0.25, 0.3) is 0 Å². The molecule has 2 aromatic rings. The first kappa shape index (κ1) is 20.1. The Hall–Kier alpha value is -0.860. The molecule has 1 aliphatic heterocycles. The lowest BCUT2D eigenvalue weighted by molar-refractivity contribution is 0.233. The molecule has 3 rings (SSSR count). The van der Waals surface area contributed by atoms with Crippen molar-refractivity contribution in [3.63, 3.8) is 0 Å². The molecule has 0 amide bonds. The van der Waals surface area contributed by atoms with Gasteiger partial charge in [-0.2, -0.15) is 0 Å². The molecule has 1 saturated heterocycles. The number of hydrogen-bond donors (Lipinski definition) is 2. The van der Waals surface area contributed by atoms with Crippen LogP contribution >= 0.6 is 37.2 Å².